The van der Waals surface area contributed by atoms with Crippen molar-refractivity contribution in [3.05, 3.63) is 82.9 Å². The zero-order valence-corrected chi connectivity index (χ0v) is 13.9. The lowest BCUT2D eigenvalue weighted by Gasteiger charge is -2.21. The molecule has 5 nitrogen and oxygen atoms in total. The first-order chi connectivity index (χ1) is 12.0. The summed E-state index contributed by atoms with van der Waals surface area (Å²) in [5.41, 5.74) is -0.360. The molecule has 4 rings (SSSR count). The number of nitrogens with one attached hydrogen (secondary N) is 1. The summed E-state index contributed by atoms with van der Waals surface area (Å²) in [6.45, 7) is 1.48. The van der Waals surface area contributed by atoms with Crippen LogP contribution in [0.5, 0.6) is 0 Å². The van der Waals surface area contributed by atoms with Crippen LogP contribution in [0.3, 0.4) is 0 Å². The minimum Gasteiger partial charge on any atom is -0.357 e. The summed E-state index contributed by atoms with van der Waals surface area (Å²) in [6.07, 6.45) is 6.71. The molecule has 1 unspecified atom stereocenters. The second-order valence-electron chi connectivity index (χ2n) is 6.21. The van der Waals surface area contributed by atoms with Crippen molar-refractivity contribution in [3.8, 4) is 5.69 Å². The molecule has 0 saturated heterocycles. The first-order valence-electron chi connectivity index (χ1n) is 7.95. The molecule has 3 heterocycles. The van der Waals surface area contributed by atoms with E-state index in [1.165, 1.54) is 11.5 Å². The van der Waals surface area contributed by atoms with Gasteiger partial charge in [-0.1, -0.05) is 12.1 Å². The molecule has 3 aromatic heterocycles. The minimum absolute atomic E-state index is 0.169. The zero-order chi connectivity index (χ0) is 17.6. The Hall–Kier alpha value is -3.15. The summed E-state index contributed by atoms with van der Waals surface area (Å²) >= 11 is 0. The number of imidazole rings is 1. The highest BCUT2D eigenvalue weighted by Crippen LogP contribution is 2.32. The summed E-state index contributed by atoms with van der Waals surface area (Å²) in [7, 11) is 1.76. The van der Waals surface area contributed by atoms with Crippen LogP contribution in [0.1, 0.15) is 18.3 Å². The van der Waals surface area contributed by atoms with Gasteiger partial charge in [0.05, 0.1) is 0 Å². The van der Waals surface area contributed by atoms with Gasteiger partial charge in [-0.15, -0.1) is 0 Å². The lowest BCUT2D eigenvalue weighted by atomic mass is 9.96. The average molecular weight is 336 g/mol. The topological polar surface area (TPSA) is 55.6 Å². The fourth-order valence-corrected chi connectivity index (χ4v) is 3.15. The smallest absolute Gasteiger partial charge is 0.279 e. The molecule has 0 aliphatic rings. The lowest BCUT2D eigenvalue weighted by Crippen LogP contribution is -2.23. The Morgan fingerprint density at radius 3 is 2.80 bits per heavy atom. The van der Waals surface area contributed by atoms with Crippen molar-refractivity contribution in [1.82, 2.24) is 19.1 Å². The second-order valence-corrected chi connectivity index (χ2v) is 6.21. The molecule has 0 saturated carbocycles. The number of H-pyrrole nitrogens is 1. The van der Waals surface area contributed by atoms with Gasteiger partial charge in [0.15, 0.2) is 11.5 Å². The number of aromatic nitrogens is 4. The van der Waals surface area contributed by atoms with E-state index in [2.05, 4.69) is 9.97 Å². The van der Waals surface area contributed by atoms with E-state index in [4.69, 9.17) is 0 Å². The molecule has 0 spiro atoms. The summed E-state index contributed by atoms with van der Waals surface area (Å²) in [5, 5.41) is 0.848. The lowest BCUT2D eigenvalue weighted by molar-refractivity contribution is 0.230. The number of aromatic amines is 1. The zero-order valence-electron chi connectivity index (χ0n) is 13.9. The van der Waals surface area contributed by atoms with Gasteiger partial charge in [0.2, 0.25) is 0 Å². The third-order valence-corrected chi connectivity index (χ3v) is 4.52. The number of alkyl halides is 1. The quantitative estimate of drug-likeness (QED) is 0.624. The van der Waals surface area contributed by atoms with Crippen LogP contribution in [-0.2, 0) is 12.7 Å². The van der Waals surface area contributed by atoms with Crippen LogP contribution in [0, 0.1) is 0 Å². The molecule has 126 valence electrons. The number of nitrogens with zero attached hydrogens (tertiary/aromatic N) is 3. The van der Waals surface area contributed by atoms with Crippen molar-refractivity contribution in [2.75, 3.05) is 0 Å². The maximum atomic E-state index is 15.5. The van der Waals surface area contributed by atoms with Crippen molar-refractivity contribution in [2.45, 2.75) is 12.6 Å². The Bertz CT molecular complexity index is 1120. The Morgan fingerprint density at radius 2 is 2.04 bits per heavy atom. The maximum Gasteiger partial charge on any atom is 0.279 e. The van der Waals surface area contributed by atoms with Crippen LogP contribution in [0.4, 0.5) is 4.39 Å². The normalized spacial score (nSPS) is 13.9. The van der Waals surface area contributed by atoms with Crippen LogP contribution < -0.4 is 5.56 Å². The number of pyridine rings is 1. The van der Waals surface area contributed by atoms with E-state index >= 15 is 4.39 Å². The highest BCUT2D eigenvalue weighted by atomic mass is 19.1. The number of rotatable bonds is 3. The third kappa shape index (κ3) is 2.38. The maximum absolute atomic E-state index is 15.5. The van der Waals surface area contributed by atoms with E-state index in [-0.39, 0.29) is 5.56 Å². The molecule has 0 aliphatic carbocycles. The third-order valence-electron chi connectivity index (χ3n) is 4.52. The molecule has 6 heteroatoms. The SMILES string of the molecule is Cn1ccnc1C(C)(F)c1cccc(-n2ccc3cc[nH]c3c2=O)c1. The molecule has 0 amide bonds. The van der Waals surface area contributed by atoms with Crippen LogP contribution in [-0.4, -0.2) is 19.1 Å². The molecule has 1 aromatic carbocycles. The van der Waals surface area contributed by atoms with Crippen molar-refractivity contribution >= 4 is 10.9 Å². The van der Waals surface area contributed by atoms with Gasteiger partial charge < -0.3 is 9.55 Å². The van der Waals surface area contributed by atoms with Crippen molar-refractivity contribution in [3.63, 3.8) is 0 Å². The van der Waals surface area contributed by atoms with Gasteiger partial charge in [-0.05, 0) is 36.8 Å². The Morgan fingerprint density at radius 1 is 1.20 bits per heavy atom. The number of hydrogen-bond donors (Lipinski definition) is 1. The molecule has 0 bridgehead atoms. The standard InChI is InChI=1S/C19H17FN4O/c1-19(20,18-22-9-11-23(18)2)14-4-3-5-15(12-14)24-10-7-13-6-8-21-16(13)17(24)25/h3-12,21H,1-2H3. The average Bonchev–Trinajstić information content (AvgIpc) is 3.24. The molecule has 4 aromatic rings. The molecule has 1 atom stereocenters. The molecule has 0 fully saturated rings. The molecular weight excluding hydrogens is 319 g/mol. The van der Waals surface area contributed by atoms with E-state index in [1.807, 2.05) is 12.1 Å². The minimum atomic E-state index is -1.77. The van der Waals surface area contributed by atoms with Crippen LogP contribution in [0.2, 0.25) is 0 Å². The second kappa shape index (κ2) is 5.44. The van der Waals surface area contributed by atoms with Gasteiger partial charge in [0.1, 0.15) is 5.52 Å². The van der Waals surface area contributed by atoms with Gasteiger partial charge in [0.25, 0.3) is 5.56 Å². The number of halogens is 1. The Kier molecular flexibility index (Phi) is 3.35. The first-order valence-corrected chi connectivity index (χ1v) is 7.95. The molecular formula is C19H17FN4O. The van der Waals surface area contributed by atoms with E-state index in [0.29, 0.717) is 22.6 Å². The van der Waals surface area contributed by atoms with E-state index in [1.54, 1.807) is 60.7 Å². The van der Waals surface area contributed by atoms with Gasteiger partial charge in [-0.2, -0.15) is 0 Å². The van der Waals surface area contributed by atoms with Gasteiger partial charge in [0, 0.05) is 42.9 Å². The first kappa shape index (κ1) is 15.4. The molecule has 0 radical (unpaired) electrons. The van der Waals surface area contributed by atoms with Gasteiger partial charge in [-0.25, -0.2) is 9.37 Å². The highest BCUT2D eigenvalue weighted by molar-refractivity contribution is 5.78. The molecule has 1 N–H and O–H groups in total. The summed E-state index contributed by atoms with van der Waals surface area (Å²) in [5.74, 6) is 0.316. The van der Waals surface area contributed by atoms with Crippen LogP contribution in [0.15, 0.2) is 66.0 Å². The van der Waals surface area contributed by atoms with Crippen molar-refractivity contribution in [2.24, 2.45) is 7.05 Å². The monoisotopic (exact) mass is 336 g/mol. The summed E-state index contributed by atoms with van der Waals surface area (Å²) in [6, 6.07) is 10.6. The Labute approximate surface area is 143 Å². The van der Waals surface area contributed by atoms with Crippen LogP contribution >= 0.6 is 0 Å². The fraction of sp³-hybridized carbons (Fsp3) is 0.158. The Balaban J connectivity index is 1.85. The molecule has 25 heavy (non-hydrogen) atoms. The van der Waals surface area contributed by atoms with Crippen molar-refractivity contribution < 1.29 is 4.39 Å². The summed E-state index contributed by atoms with van der Waals surface area (Å²) in [4.78, 5) is 19.7. The number of fused-ring (bicyclic) bond motifs is 1. The van der Waals surface area contributed by atoms with Gasteiger partial charge in [-0.3, -0.25) is 9.36 Å². The largest absolute Gasteiger partial charge is 0.357 e. The fourth-order valence-electron chi connectivity index (χ4n) is 3.15. The number of benzene rings is 1. The van der Waals surface area contributed by atoms with E-state index < -0.39 is 5.67 Å². The van der Waals surface area contributed by atoms with Crippen molar-refractivity contribution in [1.29, 1.82) is 0 Å². The van der Waals surface area contributed by atoms with Gasteiger partial charge >= 0.3 is 0 Å². The predicted octanol–water partition coefficient (Wildman–Crippen LogP) is 3.29. The van der Waals surface area contributed by atoms with Crippen LogP contribution in [0.25, 0.3) is 16.6 Å². The van der Waals surface area contributed by atoms with E-state index in [0.717, 1.165) is 5.39 Å². The van der Waals surface area contributed by atoms with E-state index in [9.17, 15) is 4.79 Å². The summed E-state index contributed by atoms with van der Waals surface area (Å²) < 4.78 is 18.6. The number of hydrogen-bond acceptors (Lipinski definition) is 2. The number of aryl methyl sites for hydroxylation is 1. The predicted molar refractivity (Wildman–Crippen MR) is 94.7 cm³/mol. The highest BCUT2D eigenvalue weighted by Gasteiger charge is 2.32. The molecule has 0 aliphatic heterocycles.